The molecule has 0 atom stereocenters. The van der Waals surface area contributed by atoms with Crippen LogP contribution in [0.3, 0.4) is 0 Å². The summed E-state index contributed by atoms with van der Waals surface area (Å²) in [6.07, 6.45) is 3.40. The third-order valence-corrected chi connectivity index (χ3v) is 3.54. The minimum Gasteiger partial charge on any atom is -0.313 e. The molecule has 0 spiro atoms. The molecule has 3 aromatic heterocycles. The van der Waals surface area contributed by atoms with Gasteiger partial charge in [-0.25, -0.2) is 0 Å². The van der Waals surface area contributed by atoms with Crippen molar-refractivity contribution in [1.29, 1.82) is 0 Å². The largest absolute Gasteiger partial charge is 0.313 e. The molecule has 8 heteroatoms. The summed E-state index contributed by atoms with van der Waals surface area (Å²) in [7, 11) is 4.03. The topological polar surface area (TPSA) is 81.2 Å². The van der Waals surface area contributed by atoms with Crippen LogP contribution in [0.1, 0.15) is 19.2 Å². The first-order chi connectivity index (χ1) is 10.6. The quantitative estimate of drug-likeness (QED) is 0.676. The lowest BCUT2D eigenvalue weighted by atomic mass is 10.3. The first kappa shape index (κ1) is 14.6. The number of aromatic nitrogens is 6. The molecular formula is C14H19N7O. The fourth-order valence-corrected chi connectivity index (χ4v) is 2.37. The van der Waals surface area contributed by atoms with Gasteiger partial charge in [-0.3, -0.25) is 4.79 Å². The van der Waals surface area contributed by atoms with E-state index in [1.54, 1.807) is 15.3 Å². The molecule has 0 aliphatic carbocycles. The lowest BCUT2D eigenvalue weighted by Crippen LogP contribution is -2.24. The highest BCUT2D eigenvalue weighted by molar-refractivity contribution is 5.74. The molecule has 3 aromatic rings. The monoisotopic (exact) mass is 301 g/mol. The summed E-state index contributed by atoms with van der Waals surface area (Å²) >= 11 is 0. The average Bonchev–Trinajstić information content (AvgIpc) is 2.92. The van der Waals surface area contributed by atoms with Crippen LogP contribution in [-0.4, -0.2) is 54.9 Å². The van der Waals surface area contributed by atoms with E-state index in [-0.39, 0.29) is 5.56 Å². The van der Waals surface area contributed by atoms with Gasteiger partial charge in [-0.15, -0.1) is 15.3 Å². The first-order valence-corrected chi connectivity index (χ1v) is 7.36. The fraction of sp³-hybridized carbons (Fsp3) is 0.500. The Morgan fingerprint density at radius 3 is 2.82 bits per heavy atom. The molecule has 0 amide bonds. The zero-order chi connectivity index (χ0) is 15.7. The van der Waals surface area contributed by atoms with Crippen molar-refractivity contribution in [3.05, 3.63) is 28.4 Å². The molecule has 22 heavy (non-hydrogen) atoms. The molecule has 0 aromatic carbocycles. The van der Waals surface area contributed by atoms with Gasteiger partial charge in [0, 0.05) is 19.2 Å². The second kappa shape index (κ2) is 5.80. The average molecular weight is 301 g/mol. The Morgan fingerprint density at radius 1 is 1.27 bits per heavy atom. The second-order valence-corrected chi connectivity index (χ2v) is 5.50. The van der Waals surface area contributed by atoms with Crippen molar-refractivity contribution in [3.8, 4) is 0 Å². The van der Waals surface area contributed by atoms with E-state index in [9.17, 15) is 4.79 Å². The van der Waals surface area contributed by atoms with Gasteiger partial charge in [-0.05, 0) is 33.1 Å². The van der Waals surface area contributed by atoms with Crippen molar-refractivity contribution in [3.63, 3.8) is 0 Å². The molecule has 3 rings (SSSR count). The molecule has 0 fully saturated rings. The maximum atomic E-state index is 12.5. The lowest BCUT2D eigenvalue weighted by Gasteiger charge is -2.10. The van der Waals surface area contributed by atoms with E-state index in [4.69, 9.17) is 0 Å². The third-order valence-electron chi connectivity index (χ3n) is 3.54. The van der Waals surface area contributed by atoms with Crippen molar-refractivity contribution in [2.75, 3.05) is 20.6 Å². The molecule has 0 aliphatic heterocycles. The number of pyridine rings is 1. The van der Waals surface area contributed by atoms with E-state index in [1.807, 2.05) is 27.1 Å². The summed E-state index contributed by atoms with van der Waals surface area (Å²) in [5, 5.41) is 12.4. The maximum absolute atomic E-state index is 12.5. The molecule has 0 radical (unpaired) electrons. The molecule has 0 saturated heterocycles. The number of fused-ring (bicyclic) bond motifs is 3. The third kappa shape index (κ3) is 2.57. The zero-order valence-corrected chi connectivity index (χ0v) is 13.0. The van der Waals surface area contributed by atoms with Crippen LogP contribution in [0.25, 0.3) is 16.8 Å². The molecular weight excluding hydrogens is 282 g/mol. The van der Waals surface area contributed by atoms with Crippen LogP contribution < -0.4 is 5.56 Å². The SMILES string of the molecule is CCc1nc2nnc3c(=O)n(CCCN(C)C)ccc3n2n1. The highest BCUT2D eigenvalue weighted by Crippen LogP contribution is 2.08. The summed E-state index contributed by atoms with van der Waals surface area (Å²) in [6, 6.07) is 1.85. The van der Waals surface area contributed by atoms with E-state index >= 15 is 0 Å². The maximum Gasteiger partial charge on any atom is 0.280 e. The Hall–Kier alpha value is -2.35. The predicted octanol–water partition coefficient (Wildman–Crippen LogP) is 0.348. The summed E-state index contributed by atoms with van der Waals surface area (Å²) in [6.45, 7) is 3.56. The lowest BCUT2D eigenvalue weighted by molar-refractivity contribution is 0.385. The van der Waals surface area contributed by atoms with Crippen LogP contribution in [0.2, 0.25) is 0 Å². The van der Waals surface area contributed by atoms with Gasteiger partial charge >= 0.3 is 0 Å². The molecule has 8 nitrogen and oxygen atoms in total. The number of hydrogen-bond donors (Lipinski definition) is 0. The van der Waals surface area contributed by atoms with Gasteiger partial charge in [0.25, 0.3) is 11.3 Å². The molecule has 0 aliphatic rings. The van der Waals surface area contributed by atoms with Gasteiger partial charge in [0.1, 0.15) is 5.52 Å². The number of rotatable bonds is 5. The minimum absolute atomic E-state index is 0.140. The minimum atomic E-state index is -0.140. The van der Waals surface area contributed by atoms with E-state index in [0.29, 0.717) is 35.6 Å². The Kier molecular flexibility index (Phi) is 3.84. The summed E-state index contributed by atoms with van der Waals surface area (Å²) in [5.41, 5.74) is 0.831. The highest BCUT2D eigenvalue weighted by Gasteiger charge is 2.12. The normalized spacial score (nSPS) is 11.8. The Bertz CT molecular complexity index is 865. The predicted molar refractivity (Wildman–Crippen MR) is 82.9 cm³/mol. The number of aryl methyl sites for hydroxylation is 2. The smallest absolute Gasteiger partial charge is 0.280 e. The van der Waals surface area contributed by atoms with Crippen LogP contribution in [-0.2, 0) is 13.0 Å². The van der Waals surface area contributed by atoms with Crippen molar-refractivity contribution >= 4 is 16.8 Å². The number of nitrogens with zero attached hydrogens (tertiary/aromatic N) is 7. The first-order valence-electron chi connectivity index (χ1n) is 7.36. The van der Waals surface area contributed by atoms with E-state index in [0.717, 1.165) is 13.0 Å². The Labute approximate surface area is 127 Å². The van der Waals surface area contributed by atoms with Gasteiger partial charge < -0.3 is 9.47 Å². The molecule has 3 heterocycles. The van der Waals surface area contributed by atoms with Crippen LogP contribution in [0.4, 0.5) is 0 Å². The van der Waals surface area contributed by atoms with Crippen LogP contribution in [0.5, 0.6) is 0 Å². The molecule has 0 saturated carbocycles. The van der Waals surface area contributed by atoms with Crippen molar-refractivity contribution in [2.24, 2.45) is 0 Å². The summed E-state index contributed by atoms with van der Waals surface area (Å²) in [5.74, 6) is 1.12. The second-order valence-electron chi connectivity index (χ2n) is 5.50. The summed E-state index contributed by atoms with van der Waals surface area (Å²) < 4.78 is 3.26. The van der Waals surface area contributed by atoms with Gasteiger partial charge in [0.15, 0.2) is 11.3 Å². The van der Waals surface area contributed by atoms with Crippen molar-refractivity contribution < 1.29 is 0 Å². The molecule has 0 bridgehead atoms. The molecule has 0 unspecified atom stereocenters. The molecule has 0 N–H and O–H groups in total. The van der Waals surface area contributed by atoms with E-state index < -0.39 is 0 Å². The van der Waals surface area contributed by atoms with Gasteiger partial charge in [0.2, 0.25) is 0 Å². The van der Waals surface area contributed by atoms with Crippen molar-refractivity contribution in [1.82, 2.24) is 34.3 Å². The van der Waals surface area contributed by atoms with Gasteiger partial charge in [-0.2, -0.15) is 9.50 Å². The van der Waals surface area contributed by atoms with Crippen LogP contribution >= 0.6 is 0 Å². The zero-order valence-electron chi connectivity index (χ0n) is 13.0. The van der Waals surface area contributed by atoms with E-state index in [2.05, 4.69) is 25.2 Å². The number of hydrogen-bond acceptors (Lipinski definition) is 6. The van der Waals surface area contributed by atoms with Crippen LogP contribution in [0.15, 0.2) is 17.1 Å². The Balaban J connectivity index is 2.04. The van der Waals surface area contributed by atoms with E-state index in [1.165, 1.54) is 0 Å². The van der Waals surface area contributed by atoms with Gasteiger partial charge in [0.05, 0.1) is 0 Å². The molecule has 116 valence electrons. The van der Waals surface area contributed by atoms with Crippen LogP contribution in [0, 0.1) is 0 Å². The van der Waals surface area contributed by atoms with Gasteiger partial charge in [-0.1, -0.05) is 6.92 Å². The highest BCUT2D eigenvalue weighted by atomic mass is 16.1. The fourth-order valence-electron chi connectivity index (χ4n) is 2.37. The standard InChI is InChI=1S/C14H19N7O/c1-4-11-15-14-17-16-12-10(21(14)18-11)6-9-20(13(12)22)8-5-7-19(2)3/h6,9H,4-5,7-8H2,1-3H3. The summed E-state index contributed by atoms with van der Waals surface area (Å²) in [4.78, 5) is 18.9. The Morgan fingerprint density at radius 2 is 2.09 bits per heavy atom. The van der Waals surface area contributed by atoms with Crippen molar-refractivity contribution in [2.45, 2.75) is 26.3 Å².